The highest BCUT2D eigenvalue weighted by Crippen LogP contribution is 2.08. The van der Waals surface area contributed by atoms with Gasteiger partial charge >= 0.3 is 0 Å². The van der Waals surface area contributed by atoms with E-state index in [4.69, 9.17) is 0 Å². The molecule has 2 aromatic carbocycles. The second-order valence-electron chi connectivity index (χ2n) is 6.13. The van der Waals surface area contributed by atoms with Crippen molar-refractivity contribution in [2.24, 2.45) is 0 Å². The van der Waals surface area contributed by atoms with Crippen LogP contribution in [0.15, 0.2) is 54.6 Å². The first-order chi connectivity index (χ1) is 12.4. The lowest BCUT2D eigenvalue weighted by Crippen LogP contribution is -2.54. The number of amides is 2. The summed E-state index contributed by atoms with van der Waals surface area (Å²) in [7, 11) is 0. The van der Waals surface area contributed by atoms with Crippen molar-refractivity contribution < 1.29 is 19.5 Å². The largest absolute Gasteiger partial charge is 0.548 e. The molecule has 0 saturated carbocycles. The molecule has 2 N–H and O–H groups in total. The maximum absolute atomic E-state index is 12.5. The number of benzene rings is 2. The highest BCUT2D eigenvalue weighted by molar-refractivity contribution is 5.98. The molecule has 0 heterocycles. The SMILES string of the molecule is Cc1ccc(C[C@H](NC(=O)c2ccccc2)C(=O)N[C@@H](C)C(=O)[O-])cc1. The van der Waals surface area contributed by atoms with Crippen LogP contribution in [0, 0.1) is 6.92 Å². The highest BCUT2D eigenvalue weighted by atomic mass is 16.4. The zero-order valence-corrected chi connectivity index (χ0v) is 14.7. The zero-order valence-electron chi connectivity index (χ0n) is 14.7. The molecule has 0 radical (unpaired) electrons. The van der Waals surface area contributed by atoms with Gasteiger partial charge in [-0.25, -0.2) is 0 Å². The molecule has 2 aromatic rings. The molecule has 2 atom stereocenters. The van der Waals surface area contributed by atoms with Crippen molar-refractivity contribution in [1.29, 1.82) is 0 Å². The van der Waals surface area contributed by atoms with E-state index in [-0.39, 0.29) is 6.42 Å². The number of hydrogen-bond donors (Lipinski definition) is 2. The molecule has 2 rings (SSSR count). The van der Waals surface area contributed by atoms with Crippen LogP contribution >= 0.6 is 0 Å². The van der Waals surface area contributed by atoms with Crippen molar-refractivity contribution in [3.05, 3.63) is 71.3 Å². The molecule has 0 aliphatic heterocycles. The third kappa shape index (κ3) is 5.44. The Morgan fingerprint density at radius 2 is 1.58 bits per heavy atom. The van der Waals surface area contributed by atoms with E-state index in [1.165, 1.54) is 6.92 Å². The average Bonchev–Trinajstić information content (AvgIpc) is 2.63. The molecule has 0 spiro atoms. The molecule has 26 heavy (non-hydrogen) atoms. The van der Waals surface area contributed by atoms with E-state index in [0.29, 0.717) is 5.56 Å². The fourth-order valence-corrected chi connectivity index (χ4v) is 2.37. The van der Waals surface area contributed by atoms with Crippen molar-refractivity contribution in [3.63, 3.8) is 0 Å². The summed E-state index contributed by atoms with van der Waals surface area (Å²) in [4.78, 5) is 35.8. The Balaban J connectivity index is 2.17. The smallest absolute Gasteiger partial charge is 0.251 e. The van der Waals surface area contributed by atoms with E-state index < -0.39 is 29.9 Å². The summed E-state index contributed by atoms with van der Waals surface area (Å²) in [6.45, 7) is 3.27. The van der Waals surface area contributed by atoms with Gasteiger partial charge in [-0.3, -0.25) is 9.59 Å². The first kappa shape index (κ1) is 19.2. The van der Waals surface area contributed by atoms with Gasteiger partial charge in [-0.2, -0.15) is 0 Å². The van der Waals surface area contributed by atoms with Crippen LogP contribution < -0.4 is 15.7 Å². The molecule has 0 saturated heterocycles. The lowest BCUT2D eigenvalue weighted by molar-refractivity contribution is -0.307. The van der Waals surface area contributed by atoms with Crippen LogP contribution in [-0.2, 0) is 16.0 Å². The maximum atomic E-state index is 12.5. The van der Waals surface area contributed by atoms with Crippen LogP contribution in [-0.4, -0.2) is 29.9 Å². The predicted octanol–water partition coefficient (Wildman–Crippen LogP) is 0.591. The van der Waals surface area contributed by atoms with Gasteiger partial charge in [0.05, 0.1) is 12.0 Å². The summed E-state index contributed by atoms with van der Waals surface area (Å²) in [5.74, 6) is -2.37. The van der Waals surface area contributed by atoms with Crippen LogP contribution in [0.4, 0.5) is 0 Å². The molecule has 0 bridgehead atoms. The Labute approximate surface area is 152 Å². The minimum atomic E-state index is -1.39. The number of nitrogens with one attached hydrogen (secondary N) is 2. The van der Waals surface area contributed by atoms with E-state index in [2.05, 4.69) is 10.6 Å². The van der Waals surface area contributed by atoms with Gasteiger partial charge in [0.2, 0.25) is 5.91 Å². The minimum absolute atomic E-state index is 0.241. The molecule has 6 nitrogen and oxygen atoms in total. The van der Waals surface area contributed by atoms with Gasteiger partial charge in [-0.1, -0.05) is 48.0 Å². The summed E-state index contributed by atoms with van der Waals surface area (Å²) < 4.78 is 0. The summed E-state index contributed by atoms with van der Waals surface area (Å²) in [5, 5.41) is 15.9. The topological polar surface area (TPSA) is 98.3 Å². The Bertz CT molecular complexity index is 772. The first-order valence-electron chi connectivity index (χ1n) is 8.29. The Morgan fingerprint density at radius 3 is 2.15 bits per heavy atom. The van der Waals surface area contributed by atoms with Crippen molar-refractivity contribution in [1.82, 2.24) is 10.6 Å². The number of carbonyl (C=O) groups is 3. The van der Waals surface area contributed by atoms with Gasteiger partial charge in [0.25, 0.3) is 5.91 Å². The fraction of sp³-hybridized carbons (Fsp3) is 0.250. The highest BCUT2D eigenvalue weighted by Gasteiger charge is 2.23. The first-order valence-corrected chi connectivity index (χ1v) is 8.29. The fourth-order valence-electron chi connectivity index (χ4n) is 2.37. The van der Waals surface area contributed by atoms with Gasteiger partial charge < -0.3 is 20.5 Å². The second kappa shape index (κ2) is 8.80. The molecule has 2 amide bonds. The van der Waals surface area contributed by atoms with E-state index in [1.54, 1.807) is 30.3 Å². The summed E-state index contributed by atoms with van der Waals surface area (Å²) in [5.41, 5.74) is 2.35. The molecular formula is C20H21N2O4-. The standard InChI is InChI=1S/C20H22N2O4/c1-13-8-10-15(11-9-13)12-17(19(24)21-14(2)20(25)26)22-18(23)16-6-4-3-5-7-16/h3-11,14,17H,12H2,1-2H3,(H,21,24)(H,22,23)(H,25,26)/p-1/t14-,17-/m0/s1. The van der Waals surface area contributed by atoms with Crippen molar-refractivity contribution in [2.45, 2.75) is 32.4 Å². The van der Waals surface area contributed by atoms with E-state index >= 15 is 0 Å². The van der Waals surface area contributed by atoms with E-state index in [9.17, 15) is 19.5 Å². The van der Waals surface area contributed by atoms with Crippen molar-refractivity contribution in [3.8, 4) is 0 Å². The van der Waals surface area contributed by atoms with Crippen molar-refractivity contribution in [2.75, 3.05) is 0 Å². The lowest BCUT2D eigenvalue weighted by atomic mass is 10.0. The normalized spacial score (nSPS) is 12.7. The summed E-state index contributed by atoms with van der Waals surface area (Å²) >= 11 is 0. The summed E-state index contributed by atoms with van der Waals surface area (Å²) in [6.07, 6.45) is 0.241. The monoisotopic (exact) mass is 353 g/mol. The molecule has 136 valence electrons. The quantitative estimate of drug-likeness (QED) is 0.761. The number of hydrogen-bond acceptors (Lipinski definition) is 4. The maximum Gasteiger partial charge on any atom is 0.251 e. The third-order valence-electron chi connectivity index (χ3n) is 3.93. The molecule has 6 heteroatoms. The Hall–Kier alpha value is -3.15. The van der Waals surface area contributed by atoms with Crippen LogP contribution in [0.1, 0.15) is 28.4 Å². The molecule has 0 aliphatic rings. The van der Waals surface area contributed by atoms with E-state index in [0.717, 1.165) is 11.1 Å². The zero-order chi connectivity index (χ0) is 19.1. The molecule has 0 unspecified atom stereocenters. The van der Waals surface area contributed by atoms with Gasteiger partial charge in [0, 0.05) is 12.0 Å². The predicted molar refractivity (Wildman–Crippen MR) is 95.2 cm³/mol. The van der Waals surface area contributed by atoms with Gasteiger partial charge in [0.15, 0.2) is 0 Å². The van der Waals surface area contributed by atoms with Crippen LogP contribution in [0.3, 0.4) is 0 Å². The van der Waals surface area contributed by atoms with Gasteiger partial charge in [-0.15, -0.1) is 0 Å². The van der Waals surface area contributed by atoms with Crippen LogP contribution in [0.2, 0.25) is 0 Å². The Morgan fingerprint density at radius 1 is 0.962 bits per heavy atom. The van der Waals surface area contributed by atoms with Crippen LogP contribution in [0.5, 0.6) is 0 Å². The van der Waals surface area contributed by atoms with E-state index in [1.807, 2.05) is 31.2 Å². The summed E-state index contributed by atoms with van der Waals surface area (Å²) in [6, 6.07) is 14.0. The number of carboxylic acids is 1. The number of aryl methyl sites for hydroxylation is 1. The van der Waals surface area contributed by atoms with Gasteiger partial charge in [0.1, 0.15) is 6.04 Å². The number of carbonyl (C=O) groups excluding carboxylic acids is 3. The van der Waals surface area contributed by atoms with Crippen molar-refractivity contribution >= 4 is 17.8 Å². The molecular weight excluding hydrogens is 332 g/mol. The number of rotatable bonds is 7. The number of aliphatic carboxylic acids is 1. The minimum Gasteiger partial charge on any atom is -0.548 e. The lowest BCUT2D eigenvalue weighted by Gasteiger charge is -2.22. The molecule has 0 fully saturated rings. The molecule has 0 aromatic heterocycles. The second-order valence-corrected chi connectivity index (χ2v) is 6.13. The Kier molecular flexibility index (Phi) is 6.49. The van der Waals surface area contributed by atoms with Gasteiger partial charge in [-0.05, 0) is 31.5 Å². The third-order valence-corrected chi connectivity index (χ3v) is 3.93. The molecule has 0 aliphatic carbocycles. The average molecular weight is 353 g/mol. The van der Waals surface area contributed by atoms with Crippen LogP contribution in [0.25, 0.3) is 0 Å². The number of carboxylic acid groups (broad SMARTS) is 1.